The highest BCUT2D eigenvalue weighted by Crippen LogP contribution is 2.33. The molecule has 0 amide bonds. The Bertz CT molecular complexity index is 1040. The van der Waals surface area contributed by atoms with Crippen molar-refractivity contribution in [1.82, 2.24) is 9.38 Å². The summed E-state index contributed by atoms with van der Waals surface area (Å²) in [6, 6.07) is 20.1. The first-order valence-electron chi connectivity index (χ1n) is 8.54. The summed E-state index contributed by atoms with van der Waals surface area (Å²) in [6.45, 7) is 2.57. The van der Waals surface area contributed by atoms with Gasteiger partial charge in [-0.2, -0.15) is 0 Å². The molecule has 0 aliphatic carbocycles. The lowest BCUT2D eigenvalue weighted by Crippen LogP contribution is -1.97. The summed E-state index contributed by atoms with van der Waals surface area (Å²) in [4.78, 5) is 4.75. The molecule has 0 saturated carbocycles. The van der Waals surface area contributed by atoms with Gasteiger partial charge in [-0.1, -0.05) is 36.4 Å². The highest BCUT2D eigenvalue weighted by Gasteiger charge is 2.11. The fourth-order valence-corrected chi connectivity index (χ4v) is 2.97. The van der Waals surface area contributed by atoms with Crippen molar-refractivity contribution in [3.8, 4) is 22.8 Å². The van der Waals surface area contributed by atoms with E-state index in [1.165, 1.54) is 0 Å². The molecule has 2 heterocycles. The van der Waals surface area contributed by atoms with Gasteiger partial charge in [0.05, 0.1) is 12.8 Å². The lowest BCUT2D eigenvalue weighted by atomic mass is 10.1. The number of rotatable bonds is 5. The Kier molecular flexibility index (Phi) is 4.32. The molecule has 0 atom stereocenters. The second kappa shape index (κ2) is 6.92. The number of fused-ring (bicyclic) bond motifs is 1. The van der Waals surface area contributed by atoms with Crippen LogP contribution in [0.1, 0.15) is 11.1 Å². The van der Waals surface area contributed by atoms with E-state index >= 15 is 0 Å². The van der Waals surface area contributed by atoms with E-state index in [0.29, 0.717) is 12.4 Å². The van der Waals surface area contributed by atoms with Crippen LogP contribution in [0.25, 0.3) is 16.9 Å². The lowest BCUT2D eigenvalue weighted by molar-refractivity contribution is 0.284. The van der Waals surface area contributed by atoms with Gasteiger partial charge < -0.3 is 13.9 Å². The Morgan fingerprint density at radius 3 is 2.58 bits per heavy atom. The molecule has 0 radical (unpaired) electrons. The summed E-state index contributed by atoms with van der Waals surface area (Å²) < 4.78 is 13.5. The van der Waals surface area contributed by atoms with E-state index < -0.39 is 0 Å². The number of imidazole rings is 1. The molecule has 2 aromatic carbocycles. The van der Waals surface area contributed by atoms with E-state index in [1.807, 2.05) is 71.4 Å². The number of aryl methyl sites for hydroxylation is 1. The van der Waals surface area contributed by atoms with E-state index in [2.05, 4.69) is 13.0 Å². The van der Waals surface area contributed by atoms with E-state index in [0.717, 1.165) is 33.8 Å². The fourth-order valence-electron chi connectivity index (χ4n) is 2.97. The van der Waals surface area contributed by atoms with Crippen molar-refractivity contribution >= 4 is 5.65 Å². The maximum atomic E-state index is 5.93. The topological polar surface area (TPSA) is 35.8 Å². The number of benzene rings is 2. The third-order valence-corrected chi connectivity index (χ3v) is 4.37. The van der Waals surface area contributed by atoms with Crippen molar-refractivity contribution in [2.45, 2.75) is 13.5 Å². The monoisotopic (exact) mass is 344 g/mol. The van der Waals surface area contributed by atoms with Gasteiger partial charge in [-0.15, -0.1) is 0 Å². The zero-order valence-electron chi connectivity index (χ0n) is 14.8. The quantitative estimate of drug-likeness (QED) is 0.517. The number of pyridine rings is 1. The van der Waals surface area contributed by atoms with Crippen LogP contribution in [0.15, 0.2) is 73.1 Å². The van der Waals surface area contributed by atoms with Crippen molar-refractivity contribution in [3.63, 3.8) is 0 Å². The standard InChI is InChI=1S/C22H20N2O2/c1-16-7-6-12-24-14-19(23-22(16)24)18-10-11-20(21(13-18)25-2)26-15-17-8-4-3-5-9-17/h3-14H,15H2,1-2H3. The fraction of sp³-hybridized carbons (Fsp3) is 0.136. The smallest absolute Gasteiger partial charge is 0.161 e. The van der Waals surface area contributed by atoms with Crippen LogP contribution in [0.4, 0.5) is 0 Å². The van der Waals surface area contributed by atoms with Crippen LogP contribution in [0.3, 0.4) is 0 Å². The van der Waals surface area contributed by atoms with Gasteiger partial charge in [0.25, 0.3) is 0 Å². The highest BCUT2D eigenvalue weighted by atomic mass is 16.5. The molecule has 0 unspecified atom stereocenters. The van der Waals surface area contributed by atoms with Gasteiger partial charge in [-0.3, -0.25) is 0 Å². The molecule has 4 aromatic rings. The Labute approximate surface area is 152 Å². The molecule has 26 heavy (non-hydrogen) atoms. The van der Waals surface area contributed by atoms with Crippen molar-refractivity contribution in [2.75, 3.05) is 7.11 Å². The normalized spacial score (nSPS) is 10.8. The molecule has 4 rings (SSSR count). The van der Waals surface area contributed by atoms with E-state index in [9.17, 15) is 0 Å². The summed E-state index contributed by atoms with van der Waals surface area (Å²) in [5.41, 5.74) is 5.14. The minimum absolute atomic E-state index is 0.504. The minimum atomic E-state index is 0.504. The van der Waals surface area contributed by atoms with Gasteiger partial charge in [-0.25, -0.2) is 4.98 Å². The van der Waals surface area contributed by atoms with Crippen LogP contribution in [-0.4, -0.2) is 16.5 Å². The molecular formula is C22H20N2O2. The summed E-state index contributed by atoms with van der Waals surface area (Å²) in [5, 5.41) is 0. The molecule has 4 heteroatoms. The van der Waals surface area contributed by atoms with Gasteiger partial charge in [0.15, 0.2) is 11.5 Å². The molecular weight excluding hydrogens is 324 g/mol. The number of methoxy groups -OCH3 is 1. The molecule has 0 saturated heterocycles. The number of aromatic nitrogens is 2. The first-order chi connectivity index (χ1) is 12.7. The number of ether oxygens (including phenoxy) is 2. The van der Waals surface area contributed by atoms with Gasteiger partial charge in [0, 0.05) is 18.0 Å². The van der Waals surface area contributed by atoms with Crippen LogP contribution < -0.4 is 9.47 Å². The molecule has 0 aliphatic heterocycles. The Morgan fingerprint density at radius 2 is 1.81 bits per heavy atom. The average molecular weight is 344 g/mol. The summed E-state index contributed by atoms with van der Waals surface area (Å²) in [7, 11) is 1.66. The van der Waals surface area contributed by atoms with Crippen molar-refractivity contribution in [2.24, 2.45) is 0 Å². The number of nitrogens with zero attached hydrogens (tertiary/aromatic N) is 2. The first kappa shape index (κ1) is 16.2. The van der Waals surface area contributed by atoms with Crippen LogP contribution in [-0.2, 0) is 6.61 Å². The molecule has 2 aromatic heterocycles. The van der Waals surface area contributed by atoms with Gasteiger partial charge in [0.1, 0.15) is 12.3 Å². The number of hydrogen-bond donors (Lipinski definition) is 0. The second-order valence-corrected chi connectivity index (χ2v) is 6.19. The third-order valence-electron chi connectivity index (χ3n) is 4.37. The predicted molar refractivity (Wildman–Crippen MR) is 103 cm³/mol. The van der Waals surface area contributed by atoms with Crippen LogP contribution >= 0.6 is 0 Å². The van der Waals surface area contributed by atoms with Crippen molar-refractivity contribution in [1.29, 1.82) is 0 Å². The van der Waals surface area contributed by atoms with Crippen molar-refractivity contribution < 1.29 is 9.47 Å². The molecule has 0 bridgehead atoms. The van der Waals surface area contributed by atoms with Crippen LogP contribution in [0.2, 0.25) is 0 Å². The van der Waals surface area contributed by atoms with E-state index in [4.69, 9.17) is 14.5 Å². The van der Waals surface area contributed by atoms with Crippen LogP contribution in [0.5, 0.6) is 11.5 Å². The van der Waals surface area contributed by atoms with Crippen LogP contribution in [0, 0.1) is 6.92 Å². The summed E-state index contributed by atoms with van der Waals surface area (Å²) >= 11 is 0. The van der Waals surface area contributed by atoms with Gasteiger partial charge in [0.2, 0.25) is 0 Å². The Hall–Kier alpha value is -3.27. The zero-order chi connectivity index (χ0) is 17.9. The predicted octanol–water partition coefficient (Wildman–Crippen LogP) is 4.90. The maximum absolute atomic E-state index is 5.93. The third kappa shape index (κ3) is 3.14. The molecule has 0 N–H and O–H groups in total. The average Bonchev–Trinajstić information content (AvgIpc) is 3.13. The zero-order valence-corrected chi connectivity index (χ0v) is 14.8. The minimum Gasteiger partial charge on any atom is -0.493 e. The lowest BCUT2D eigenvalue weighted by Gasteiger charge is -2.11. The first-order valence-corrected chi connectivity index (χ1v) is 8.54. The SMILES string of the molecule is COc1cc(-c2cn3cccc(C)c3n2)ccc1OCc1ccccc1. The molecule has 0 fully saturated rings. The number of hydrogen-bond acceptors (Lipinski definition) is 3. The Morgan fingerprint density at radius 1 is 0.962 bits per heavy atom. The Balaban J connectivity index is 1.62. The summed E-state index contributed by atoms with van der Waals surface area (Å²) in [5.74, 6) is 1.42. The second-order valence-electron chi connectivity index (χ2n) is 6.19. The highest BCUT2D eigenvalue weighted by molar-refractivity contribution is 5.67. The van der Waals surface area contributed by atoms with Gasteiger partial charge in [-0.05, 0) is 42.3 Å². The largest absolute Gasteiger partial charge is 0.493 e. The molecule has 0 aliphatic rings. The maximum Gasteiger partial charge on any atom is 0.161 e. The van der Waals surface area contributed by atoms with Crippen molar-refractivity contribution in [3.05, 3.63) is 84.2 Å². The molecule has 4 nitrogen and oxygen atoms in total. The van der Waals surface area contributed by atoms with E-state index in [1.54, 1.807) is 7.11 Å². The van der Waals surface area contributed by atoms with E-state index in [-0.39, 0.29) is 0 Å². The van der Waals surface area contributed by atoms with Gasteiger partial charge >= 0.3 is 0 Å². The molecule has 130 valence electrons. The summed E-state index contributed by atoms with van der Waals surface area (Å²) in [6.07, 6.45) is 4.04. The molecule has 0 spiro atoms.